The number of benzene rings is 1. The van der Waals surface area contributed by atoms with E-state index in [0.717, 1.165) is 50.6 Å². The highest BCUT2D eigenvalue weighted by atomic mass is 19.1. The van der Waals surface area contributed by atoms with Crippen LogP contribution in [0.25, 0.3) is 0 Å². The molecule has 2 aliphatic heterocycles. The zero-order valence-corrected chi connectivity index (χ0v) is 14.3. The molecule has 0 aliphatic carbocycles. The van der Waals surface area contributed by atoms with Crippen LogP contribution in [0.2, 0.25) is 0 Å². The van der Waals surface area contributed by atoms with Crippen LogP contribution in [0.4, 0.5) is 10.1 Å². The van der Waals surface area contributed by atoms with Gasteiger partial charge in [-0.05, 0) is 37.3 Å². The summed E-state index contributed by atoms with van der Waals surface area (Å²) in [6.07, 6.45) is 0. The van der Waals surface area contributed by atoms with Crippen molar-refractivity contribution in [1.29, 1.82) is 0 Å². The summed E-state index contributed by atoms with van der Waals surface area (Å²) in [4.78, 5) is 18.9. The summed E-state index contributed by atoms with van der Waals surface area (Å²) in [7, 11) is 0. The number of carbonyl (C=O) groups excluding carboxylic acids is 1. The highest BCUT2D eigenvalue weighted by molar-refractivity contribution is 5.93. The average molecular weight is 343 g/mol. The standard InChI is InChI=1S/C18H22FN5O/c1-13-10-17(21-20-13)18(25)24-11-16(12-24)23-8-6-22(7-9-23)15-4-2-14(19)3-5-15/h2-5,10,16H,6-9,11-12H2,1H3,(H,20,21). The van der Waals surface area contributed by atoms with Crippen LogP contribution in [0, 0.1) is 12.7 Å². The number of hydrogen-bond donors (Lipinski definition) is 1. The number of anilines is 1. The number of nitrogens with one attached hydrogen (secondary N) is 1. The van der Waals surface area contributed by atoms with Crippen molar-refractivity contribution in [3.63, 3.8) is 0 Å². The first kappa shape index (κ1) is 16.1. The number of H-pyrrole nitrogens is 1. The van der Waals surface area contributed by atoms with E-state index in [2.05, 4.69) is 20.0 Å². The number of aryl methyl sites for hydroxylation is 1. The van der Waals surface area contributed by atoms with E-state index < -0.39 is 0 Å². The number of amides is 1. The second kappa shape index (κ2) is 6.48. The fraction of sp³-hybridized carbons (Fsp3) is 0.444. The Morgan fingerprint density at radius 2 is 1.84 bits per heavy atom. The van der Waals surface area contributed by atoms with Gasteiger partial charge in [-0.1, -0.05) is 0 Å². The van der Waals surface area contributed by atoms with Gasteiger partial charge in [0.1, 0.15) is 11.5 Å². The zero-order valence-electron chi connectivity index (χ0n) is 14.3. The molecule has 2 aliphatic rings. The van der Waals surface area contributed by atoms with Gasteiger partial charge in [0, 0.05) is 56.7 Å². The van der Waals surface area contributed by atoms with Crippen LogP contribution in [-0.2, 0) is 0 Å². The molecular weight excluding hydrogens is 321 g/mol. The van der Waals surface area contributed by atoms with Gasteiger partial charge in [0.25, 0.3) is 5.91 Å². The van der Waals surface area contributed by atoms with E-state index in [1.807, 2.05) is 24.0 Å². The second-order valence-electron chi connectivity index (χ2n) is 6.80. The van der Waals surface area contributed by atoms with Crippen LogP contribution < -0.4 is 4.90 Å². The number of nitrogens with zero attached hydrogens (tertiary/aromatic N) is 4. The average Bonchev–Trinajstić information content (AvgIpc) is 3.01. The first-order chi connectivity index (χ1) is 12.1. The van der Waals surface area contributed by atoms with Gasteiger partial charge in [-0.3, -0.25) is 14.8 Å². The molecule has 0 unspecified atom stereocenters. The molecule has 2 aromatic rings. The van der Waals surface area contributed by atoms with Crippen molar-refractivity contribution in [1.82, 2.24) is 20.0 Å². The number of aromatic amines is 1. The first-order valence-corrected chi connectivity index (χ1v) is 8.66. The summed E-state index contributed by atoms with van der Waals surface area (Å²) in [5.41, 5.74) is 2.47. The lowest BCUT2D eigenvalue weighted by Gasteiger charge is -2.48. The summed E-state index contributed by atoms with van der Waals surface area (Å²) in [5.74, 6) is -0.195. The Kier molecular flexibility index (Phi) is 4.17. The lowest BCUT2D eigenvalue weighted by molar-refractivity contribution is 0.0242. The molecule has 0 atom stereocenters. The highest BCUT2D eigenvalue weighted by Gasteiger charge is 2.37. The summed E-state index contributed by atoms with van der Waals surface area (Å²) in [5, 5.41) is 6.86. The molecule has 1 aromatic heterocycles. The normalized spacial score (nSPS) is 19.1. The molecular formula is C18H22FN5O. The maximum Gasteiger partial charge on any atom is 0.274 e. The molecule has 7 heteroatoms. The van der Waals surface area contributed by atoms with Gasteiger partial charge >= 0.3 is 0 Å². The highest BCUT2D eigenvalue weighted by Crippen LogP contribution is 2.22. The Hall–Kier alpha value is -2.41. The minimum atomic E-state index is -0.200. The predicted molar refractivity (Wildman–Crippen MR) is 93.2 cm³/mol. The number of carbonyl (C=O) groups is 1. The topological polar surface area (TPSA) is 55.5 Å². The van der Waals surface area contributed by atoms with E-state index in [4.69, 9.17) is 0 Å². The van der Waals surface area contributed by atoms with Gasteiger partial charge in [-0.2, -0.15) is 5.10 Å². The maximum absolute atomic E-state index is 13.0. The van der Waals surface area contributed by atoms with Gasteiger partial charge in [-0.15, -0.1) is 0 Å². The fourth-order valence-electron chi connectivity index (χ4n) is 3.54. The Morgan fingerprint density at radius 1 is 1.16 bits per heavy atom. The van der Waals surface area contributed by atoms with E-state index in [1.165, 1.54) is 12.1 Å². The number of aromatic nitrogens is 2. The molecule has 25 heavy (non-hydrogen) atoms. The van der Waals surface area contributed by atoms with Crippen LogP contribution in [0.15, 0.2) is 30.3 Å². The number of rotatable bonds is 3. The van der Waals surface area contributed by atoms with Crippen molar-refractivity contribution < 1.29 is 9.18 Å². The summed E-state index contributed by atoms with van der Waals surface area (Å²) >= 11 is 0. The minimum Gasteiger partial charge on any atom is -0.369 e. The molecule has 132 valence electrons. The third-order valence-corrected chi connectivity index (χ3v) is 5.10. The van der Waals surface area contributed by atoms with Gasteiger partial charge in [0.15, 0.2) is 0 Å². The molecule has 4 rings (SSSR count). The molecule has 3 heterocycles. The lowest BCUT2D eigenvalue weighted by atomic mass is 10.0. The van der Waals surface area contributed by atoms with Crippen LogP contribution in [0.5, 0.6) is 0 Å². The molecule has 0 bridgehead atoms. The SMILES string of the molecule is Cc1cc(C(=O)N2CC(N3CCN(c4ccc(F)cc4)CC3)C2)n[nH]1. The van der Waals surface area contributed by atoms with Crippen LogP contribution in [-0.4, -0.2) is 71.2 Å². The Balaban J connectivity index is 1.27. The molecule has 6 nitrogen and oxygen atoms in total. The molecule has 1 amide bonds. The predicted octanol–water partition coefficient (Wildman–Crippen LogP) is 1.50. The fourth-order valence-corrected chi connectivity index (χ4v) is 3.54. The van der Waals surface area contributed by atoms with E-state index in [9.17, 15) is 9.18 Å². The maximum atomic E-state index is 13.0. The van der Waals surface area contributed by atoms with E-state index >= 15 is 0 Å². The van der Waals surface area contributed by atoms with Crippen molar-refractivity contribution in [3.8, 4) is 0 Å². The molecule has 1 aromatic carbocycles. The van der Waals surface area contributed by atoms with Crippen molar-refractivity contribution in [2.75, 3.05) is 44.2 Å². The number of likely N-dealkylation sites (tertiary alicyclic amines) is 1. The molecule has 0 radical (unpaired) electrons. The van der Waals surface area contributed by atoms with Crippen LogP contribution in [0.3, 0.4) is 0 Å². The molecule has 2 saturated heterocycles. The number of halogens is 1. The van der Waals surface area contributed by atoms with Crippen molar-refractivity contribution in [2.45, 2.75) is 13.0 Å². The number of piperazine rings is 1. The Bertz CT molecular complexity index is 745. The number of hydrogen-bond acceptors (Lipinski definition) is 4. The Labute approximate surface area is 146 Å². The smallest absolute Gasteiger partial charge is 0.274 e. The first-order valence-electron chi connectivity index (χ1n) is 8.66. The van der Waals surface area contributed by atoms with Crippen molar-refractivity contribution in [2.24, 2.45) is 0 Å². The van der Waals surface area contributed by atoms with Crippen molar-refractivity contribution >= 4 is 11.6 Å². The second-order valence-corrected chi connectivity index (χ2v) is 6.80. The van der Waals surface area contributed by atoms with Gasteiger partial charge in [0.05, 0.1) is 0 Å². The third-order valence-electron chi connectivity index (χ3n) is 5.10. The summed E-state index contributed by atoms with van der Waals surface area (Å²) in [6, 6.07) is 8.90. The molecule has 0 spiro atoms. The monoisotopic (exact) mass is 343 g/mol. The van der Waals surface area contributed by atoms with Gasteiger partial charge in [0.2, 0.25) is 0 Å². The van der Waals surface area contributed by atoms with Crippen molar-refractivity contribution in [3.05, 3.63) is 47.5 Å². The van der Waals surface area contributed by atoms with E-state index in [1.54, 1.807) is 6.07 Å². The summed E-state index contributed by atoms with van der Waals surface area (Å²) in [6.45, 7) is 7.20. The Morgan fingerprint density at radius 3 is 2.44 bits per heavy atom. The quantitative estimate of drug-likeness (QED) is 0.918. The van der Waals surface area contributed by atoms with Crippen LogP contribution in [0.1, 0.15) is 16.2 Å². The van der Waals surface area contributed by atoms with Crippen LogP contribution >= 0.6 is 0 Å². The molecule has 1 N–H and O–H groups in total. The largest absolute Gasteiger partial charge is 0.369 e. The zero-order chi connectivity index (χ0) is 17.4. The molecule has 2 fully saturated rings. The molecule has 0 saturated carbocycles. The van der Waals surface area contributed by atoms with E-state index in [0.29, 0.717) is 11.7 Å². The van der Waals surface area contributed by atoms with Gasteiger partial charge < -0.3 is 9.80 Å². The minimum absolute atomic E-state index is 0.00514. The van der Waals surface area contributed by atoms with Gasteiger partial charge in [-0.25, -0.2) is 4.39 Å². The third kappa shape index (κ3) is 3.24. The lowest BCUT2D eigenvalue weighted by Crippen LogP contribution is -2.64. The van der Waals surface area contributed by atoms with E-state index in [-0.39, 0.29) is 11.7 Å². The summed E-state index contributed by atoms with van der Waals surface area (Å²) < 4.78 is 13.0.